The van der Waals surface area contributed by atoms with Gasteiger partial charge in [-0.15, -0.1) is 0 Å². The summed E-state index contributed by atoms with van der Waals surface area (Å²) in [6.07, 6.45) is 0.601. The maximum atomic E-state index is 11.5. The number of hydrogen-bond donors (Lipinski definition) is 1. The molecule has 114 valence electrons. The number of fused-ring (bicyclic) bond motifs is 1. The molecule has 1 aromatic rings. The Balaban J connectivity index is 0. The molecule has 0 aliphatic heterocycles. The first kappa shape index (κ1) is 20.7. The third-order valence-electron chi connectivity index (χ3n) is 2.57. The van der Waals surface area contributed by atoms with Gasteiger partial charge < -0.3 is 5.11 Å². The molecule has 0 radical (unpaired) electrons. The standard InChI is InChI=1S/C11H10O3.3C2H6/c12-10-6-8(11(13)14)5-7-3-1-2-4-9(7)10;3*1-2/h1-4,8H,5-6H2,(H,13,14);3*1-2H3. The molecule has 0 spiro atoms. The first-order valence-corrected chi connectivity index (χ1v) is 7.52. The van der Waals surface area contributed by atoms with Crippen molar-refractivity contribution in [2.24, 2.45) is 5.92 Å². The smallest absolute Gasteiger partial charge is 0.307 e. The van der Waals surface area contributed by atoms with Crippen molar-refractivity contribution in [3.63, 3.8) is 0 Å². The third kappa shape index (κ3) is 6.00. The fourth-order valence-electron chi connectivity index (χ4n) is 1.82. The Morgan fingerprint density at radius 1 is 1.00 bits per heavy atom. The van der Waals surface area contributed by atoms with Gasteiger partial charge in [0.2, 0.25) is 0 Å². The average molecular weight is 280 g/mol. The zero-order chi connectivity index (χ0) is 16.1. The molecule has 0 fully saturated rings. The van der Waals surface area contributed by atoms with E-state index in [-0.39, 0.29) is 12.2 Å². The van der Waals surface area contributed by atoms with Crippen LogP contribution in [0.2, 0.25) is 0 Å². The minimum Gasteiger partial charge on any atom is -0.481 e. The molecule has 0 bridgehead atoms. The average Bonchev–Trinajstić information content (AvgIpc) is 2.53. The van der Waals surface area contributed by atoms with E-state index in [0.29, 0.717) is 12.0 Å². The van der Waals surface area contributed by atoms with Crippen LogP contribution in [0.3, 0.4) is 0 Å². The van der Waals surface area contributed by atoms with Gasteiger partial charge in [0, 0.05) is 12.0 Å². The van der Waals surface area contributed by atoms with E-state index in [1.165, 1.54) is 0 Å². The van der Waals surface area contributed by atoms with Crippen LogP contribution in [0.25, 0.3) is 0 Å². The summed E-state index contributed by atoms with van der Waals surface area (Å²) < 4.78 is 0. The maximum absolute atomic E-state index is 11.5. The van der Waals surface area contributed by atoms with Gasteiger partial charge in [0.25, 0.3) is 0 Å². The minimum atomic E-state index is -0.882. The molecule has 1 atom stereocenters. The summed E-state index contributed by atoms with van der Waals surface area (Å²) in [6, 6.07) is 7.21. The van der Waals surface area contributed by atoms with Gasteiger partial charge in [-0.25, -0.2) is 0 Å². The van der Waals surface area contributed by atoms with Gasteiger partial charge in [-0.1, -0.05) is 65.8 Å². The van der Waals surface area contributed by atoms with E-state index in [1.807, 2.05) is 53.7 Å². The monoisotopic (exact) mass is 280 g/mol. The van der Waals surface area contributed by atoms with Crippen molar-refractivity contribution in [3.8, 4) is 0 Å². The molecular weight excluding hydrogens is 252 g/mol. The van der Waals surface area contributed by atoms with Crippen LogP contribution in [-0.4, -0.2) is 16.9 Å². The second-order valence-electron chi connectivity index (χ2n) is 3.52. The lowest BCUT2D eigenvalue weighted by Crippen LogP contribution is -2.26. The molecule has 1 aromatic carbocycles. The number of hydrogen-bond acceptors (Lipinski definition) is 2. The van der Waals surface area contributed by atoms with Crippen LogP contribution >= 0.6 is 0 Å². The Morgan fingerprint density at radius 3 is 2.00 bits per heavy atom. The highest BCUT2D eigenvalue weighted by molar-refractivity contribution is 6.00. The van der Waals surface area contributed by atoms with E-state index in [0.717, 1.165) is 5.56 Å². The minimum absolute atomic E-state index is 0.0562. The number of carboxylic acids is 1. The second kappa shape index (κ2) is 12.4. The number of ketones is 1. The predicted octanol–water partition coefficient (Wildman–Crippen LogP) is 4.59. The summed E-state index contributed by atoms with van der Waals surface area (Å²) in [5.41, 5.74) is 1.54. The van der Waals surface area contributed by atoms with Crippen molar-refractivity contribution < 1.29 is 14.7 Å². The lowest BCUT2D eigenvalue weighted by atomic mass is 9.83. The van der Waals surface area contributed by atoms with Crippen molar-refractivity contribution in [1.82, 2.24) is 0 Å². The molecule has 3 heteroatoms. The van der Waals surface area contributed by atoms with Crippen LogP contribution in [0.5, 0.6) is 0 Å². The maximum Gasteiger partial charge on any atom is 0.307 e. The highest BCUT2D eigenvalue weighted by atomic mass is 16.4. The molecule has 1 unspecified atom stereocenters. The molecule has 1 N–H and O–H groups in total. The number of carbonyl (C=O) groups excluding carboxylic acids is 1. The highest BCUT2D eigenvalue weighted by Gasteiger charge is 2.28. The van der Waals surface area contributed by atoms with E-state index in [1.54, 1.807) is 12.1 Å². The van der Waals surface area contributed by atoms with Gasteiger partial charge in [0.05, 0.1) is 5.92 Å². The topological polar surface area (TPSA) is 54.4 Å². The normalized spacial score (nSPS) is 15.1. The van der Waals surface area contributed by atoms with Gasteiger partial charge in [-0.3, -0.25) is 9.59 Å². The van der Waals surface area contributed by atoms with Gasteiger partial charge in [0.1, 0.15) is 0 Å². The van der Waals surface area contributed by atoms with Crippen molar-refractivity contribution in [3.05, 3.63) is 35.4 Å². The van der Waals surface area contributed by atoms with Crippen molar-refractivity contribution in [2.75, 3.05) is 0 Å². The Kier molecular flexibility index (Phi) is 12.8. The molecule has 0 heterocycles. The Labute approximate surface area is 123 Å². The summed E-state index contributed by atoms with van der Waals surface area (Å²) in [7, 11) is 0. The van der Waals surface area contributed by atoms with Gasteiger partial charge in [-0.2, -0.15) is 0 Å². The molecule has 0 saturated carbocycles. The Morgan fingerprint density at radius 2 is 1.50 bits per heavy atom. The Bertz CT molecular complexity index is 397. The number of carboxylic acid groups (broad SMARTS) is 1. The van der Waals surface area contributed by atoms with E-state index in [2.05, 4.69) is 0 Å². The molecule has 1 aliphatic rings. The first-order chi connectivity index (χ1) is 9.68. The molecular formula is C17H28O3. The lowest BCUT2D eigenvalue weighted by molar-refractivity contribution is -0.141. The summed E-state index contributed by atoms with van der Waals surface area (Å²) in [5, 5.41) is 8.83. The highest BCUT2D eigenvalue weighted by Crippen LogP contribution is 2.25. The number of Topliss-reactive ketones (excluding diaryl/α,β-unsaturated/α-hetero) is 1. The summed E-state index contributed by atoms with van der Waals surface area (Å²) in [4.78, 5) is 22.3. The SMILES string of the molecule is CC.CC.CC.O=C1CC(C(=O)O)Cc2ccccc21. The van der Waals surface area contributed by atoms with Crippen LogP contribution in [0, 0.1) is 5.92 Å². The largest absolute Gasteiger partial charge is 0.481 e. The molecule has 2 rings (SSSR count). The molecule has 0 saturated heterocycles. The number of benzene rings is 1. The molecule has 3 nitrogen and oxygen atoms in total. The fraction of sp³-hybridized carbons (Fsp3) is 0.529. The zero-order valence-electron chi connectivity index (χ0n) is 13.6. The summed E-state index contributed by atoms with van der Waals surface area (Å²) in [5.74, 6) is -1.48. The fourth-order valence-corrected chi connectivity index (χ4v) is 1.82. The van der Waals surface area contributed by atoms with Crippen LogP contribution < -0.4 is 0 Å². The Hall–Kier alpha value is -1.64. The van der Waals surface area contributed by atoms with Crippen molar-refractivity contribution in [1.29, 1.82) is 0 Å². The predicted molar refractivity (Wildman–Crippen MR) is 84.3 cm³/mol. The van der Waals surface area contributed by atoms with Gasteiger partial charge in [0.15, 0.2) is 5.78 Å². The van der Waals surface area contributed by atoms with E-state index in [9.17, 15) is 9.59 Å². The van der Waals surface area contributed by atoms with E-state index >= 15 is 0 Å². The quantitative estimate of drug-likeness (QED) is 0.818. The van der Waals surface area contributed by atoms with Gasteiger partial charge >= 0.3 is 5.97 Å². The third-order valence-corrected chi connectivity index (χ3v) is 2.57. The second-order valence-corrected chi connectivity index (χ2v) is 3.52. The van der Waals surface area contributed by atoms with Gasteiger partial charge in [-0.05, 0) is 12.0 Å². The van der Waals surface area contributed by atoms with Crippen LogP contribution in [0.1, 0.15) is 63.9 Å². The van der Waals surface area contributed by atoms with E-state index in [4.69, 9.17) is 5.11 Å². The van der Waals surface area contributed by atoms with E-state index < -0.39 is 11.9 Å². The van der Waals surface area contributed by atoms with Crippen molar-refractivity contribution in [2.45, 2.75) is 54.4 Å². The van der Waals surface area contributed by atoms with Crippen LogP contribution in [0.15, 0.2) is 24.3 Å². The first-order valence-electron chi connectivity index (χ1n) is 7.52. The molecule has 20 heavy (non-hydrogen) atoms. The zero-order valence-corrected chi connectivity index (χ0v) is 13.6. The number of aliphatic carboxylic acids is 1. The van der Waals surface area contributed by atoms with Crippen LogP contribution in [0.4, 0.5) is 0 Å². The molecule has 1 aliphatic carbocycles. The molecule has 0 amide bonds. The van der Waals surface area contributed by atoms with Crippen molar-refractivity contribution >= 4 is 11.8 Å². The number of carbonyl (C=O) groups is 2. The number of rotatable bonds is 1. The summed E-state index contributed by atoms with van der Waals surface area (Å²) >= 11 is 0. The van der Waals surface area contributed by atoms with Crippen LogP contribution in [-0.2, 0) is 11.2 Å². The summed E-state index contributed by atoms with van der Waals surface area (Å²) in [6.45, 7) is 12.0. The lowest BCUT2D eigenvalue weighted by Gasteiger charge is -2.19. The molecule has 0 aromatic heterocycles.